The smallest absolute Gasteiger partial charge is 0.251 e. The van der Waals surface area contributed by atoms with Crippen molar-refractivity contribution in [1.29, 1.82) is 0 Å². The van der Waals surface area contributed by atoms with Gasteiger partial charge in [0.2, 0.25) is 0 Å². The number of hydrogen-bond acceptors (Lipinski definition) is 3. The first kappa shape index (κ1) is 15.6. The van der Waals surface area contributed by atoms with Crippen molar-refractivity contribution in [2.45, 2.75) is 19.4 Å². The van der Waals surface area contributed by atoms with Gasteiger partial charge in [0.1, 0.15) is 4.99 Å². The van der Waals surface area contributed by atoms with Crippen LogP contribution in [0.4, 0.5) is 0 Å². The molecule has 0 fully saturated rings. The summed E-state index contributed by atoms with van der Waals surface area (Å²) < 4.78 is 0. The van der Waals surface area contributed by atoms with E-state index >= 15 is 0 Å². The summed E-state index contributed by atoms with van der Waals surface area (Å²) in [5, 5.41) is 2.92. The molecule has 0 aliphatic rings. The Morgan fingerprint density at radius 2 is 1.74 bits per heavy atom. The first-order valence-electron chi connectivity index (χ1n) is 6.09. The highest BCUT2D eigenvalue weighted by Crippen LogP contribution is 2.09. The van der Waals surface area contributed by atoms with E-state index in [0.29, 0.717) is 17.1 Å². The van der Waals surface area contributed by atoms with Gasteiger partial charge in [-0.25, -0.2) is 0 Å². The molecule has 0 saturated heterocycles. The highest BCUT2D eigenvalue weighted by atomic mass is 32.1. The monoisotopic (exact) mass is 279 g/mol. The molecular weight excluding hydrogens is 258 g/mol. The molecule has 1 aromatic rings. The largest absolute Gasteiger partial charge is 0.389 e. The number of carbonyl (C=O) groups excluding carboxylic acids is 1. The lowest BCUT2D eigenvalue weighted by Crippen LogP contribution is -2.48. The van der Waals surface area contributed by atoms with E-state index in [1.165, 1.54) is 0 Å². The Morgan fingerprint density at radius 3 is 2.16 bits per heavy atom. The number of nitrogens with zero attached hydrogens (tertiary/aromatic N) is 1. The first-order valence-corrected chi connectivity index (χ1v) is 6.50. The fourth-order valence-electron chi connectivity index (χ4n) is 1.34. The Kier molecular flexibility index (Phi) is 5.03. The number of nitrogens with one attached hydrogen (secondary N) is 1. The van der Waals surface area contributed by atoms with Crippen molar-refractivity contribution in [3.05, 3.63) is 35.4 Å². The second-order valence-electron chi connectivity index (χ2n) is 5.33. The summed E-state index contributed by atoms with van der Waals surface area (Å²) in [5.74, 6) is -0.0931. The van der Waals surface area contributed by atoms with Crippen molar-refractivity contribution in [2.24, 2.45) is 5.73 Å². The molecule has 0 radical (unpaired) electrons. The van der Waals surface area contributed by atoms with Crippen LogP contribution in [0.25, 0.3) is 0 Å². The van der Waals surface area contributed by atoms with Crippen LogP contribution in [0, 0.1) is 0 Å². The Balaban J connectivity index is 2.66. The summed E-state index contributed by atoms with van der Waals surface area (Å²) >= 11 is 4.87. The lowest BCUT2D eigenvalue weighted by Gasteiger charge is -2.32. The zero-order valence-electron chi connectivity index (χ0n) is 11.9. The highest BCUT2D eigenvalue weighted by molar-refractivity contribution is 7.80. The van der Waals surface area contributed by atoms with Gasteiger partial charge in [-0.3, -0.25) is 4.79 Å². The van der Waals surface area contributed by atoms with E-state index in [1.54, 1.807) is 24.3 Å². The molecule has 19 heavy (non-hydrogen) atoms. The molecule has 4 nitrogen and oxygen atoms in total. The van der Waals surface area contributed by atoms with Crippen LogP contribution in [0.5, 0.6) is 0 Å². The van der Waals surface area contributed by atoms with Crippen LogP contribution in [0.1, 0.15) is 29.8 Å². The van der Waals surface area contributed by atoms with Crippen LogP contribution in [-0.4, -0.2) is 42.0 Å². The number of hydrogen-bond donors (Lipinski definition) is 2. The summed E-state index contributed by atoms with van der Waals surface area (Å²) in [6, 6.07) is 6.97. The van der Waals surface area contributed by atoms with Crippen molar-refractivity contribution in [1.82, 2.24) is 10.2 Å². The third kappa shape index (κ3) is 4.29. The summed E-state index contributed by atoms with van der Waals surface area (Å²) in [6.45, 7) is 4.72. The maximum Gasteiger partial charge on any atom is 0.251 e. The predicted octanol–water partition coefficient (Wildman–Crippen LogP) is 1.39. The topological polar surface area (TPSA) is 58.4 Å². The number of thiocarbonyl (C=S) groups is 1. The Hall–Kier alpha value is -1.46. The normalized spacial score (nSPS) is 11.4. The molecule has 3 N–H and O–H groups in total. The van der Waals surface area contributed by atoms with Crippen molar-refractivity contribution >= 4 is 23.1 Å². The van der Waals surface area contributed by atoms with Gasteiger partial charge in [-0.1, -0.05) is 24.4 Å². The van der Waals surface area contributed by atoms with Gasteiger partial charge in [0.25, 0.3) is 5.91 Å². The van der Waals surface area contributed by atoms with Gasteiger partial charge >= 0.3 is 0 Å². The molecule has 104 valence electrons. The Bertz CT molecular complexity index is 466. The van der Waals surface area contributed by atoms with Crippen LogP contribution in [-0.2, 0) is 0 Å². The second-order valence-corrected chi connectivity index (χ2v) is 5.77. The van der Waals surface area contributed by atoms with Crippen LogP contribution >= 0.6 is 12.2 Å². The Labute approximate surface area is 120 Å². The molecule has 1 amide bonds. The number of nitrogens with two attached hydrogens (primary N) is 1. The van der Waals surface area contributed by atoms with Crippen molar-refractivity contribution in [3.63, 3.8) is 0 Å². The molecule has 0 saturated carbocycles. The number of carbonyl (C=O) groups is 1. The van der Waals surface area contributed by atoms with Gasteiger partial charge in [-0.15, -0.1) is 0 Å². The third-order valence-electron chi connectivity index (χ3n) is 3.32. The lowest BCUT2D eigenvalue weighted by atomic mass is 10.0. The van der Waals surface area contributed by atoms with E-state index in [1.807, 2.05) is 14.1 Å². The van der Waals surface area contributed by atoms with Gasteiger partial charge in [0, 0.05) is 23.2 Å². The summed E-state index contributed by atoms with van der Waals surface area (Å²) in [4.78, 5) is 14.4. The predicted molar refractivity (Wildman–Crippen MR) is 82.4 cm³/mol. The van der Waals surface area contributed by atoms with Gasteiger partial charge in [-0.2, -0.15) is 0 Å². The Morgan fingerprint density at radius 1 is 1.26 bits per heavy atom. The maximum atomic E-state index is 12.0. The van der Waals surface area contributed by atoms with E-state index in [9.17, 15) is 4.79 Å². The molecule has 1 aromatic carbocycles. The van der Waals surface area contributed by atoms with E-state index in [2.05, 4.69) is 24.1 Å². The molecule has 0 aliphatic carbocycles. The molecule has 0 aromatic heterocycles. The van der Waals surface area contributed by atoms with E-state index in [0.717, 1.165) is 5.56 Å². The first-order chi connectivity index (χ1) is 8.74. The minimum Gasteiger partial charge on any atom is -0.389 e. The fourth-order valence-corrected chi connectivity index (χ4v) is 1.48. The van der Waals surface area contributed by atoms with Crippen LogP contribution in [0.15, 0.2) is 24.3 Å². The van der Waals surface area contributed by atoms with Crippen LogP contribution in [0.2, 0.25) is 0 Å². The van der Waals surface area contributed by atoms with Crippen LogP contribution in [0.3, 0.4) is 0 Å². The zero-order valence-corrected chi connectivity index (χ0v) is 12.7. The quantitative estimate of drug-likeness (QED) is 0.800. The molecule has 5 heteroatoms. The third-order valence-corrected chi connectivity index (χ3v) is 3.56. The SMILES string of the molecule is CN(C)C(C)(C)CNC(=O)c1ccc(C(N)=S)cc1. The number of likely N-dealkylation sites (N-methyl/N-ethyl adjacent to an activating group) is 1. The van der Waals surface area contributed by atoms with E-state index in [-0.39, 0.29) is 11.4 Å². The van der Waals surface area contributed by atoms with Crippen LogP contribution < -0.4 is 11.1 Å². The number of rotatable bonds is 5. The van der Waals surface area contributed by atoms with Gasteiger partial charge in [0.05, 0.1) is 0 Å². The molecule has 0 unspecified atom stereocenters. The van der Waals surface area contributed by atoms with Crippen molar-refractivity contribution < 1.29 is 4.79 Å². The summed E-state index contributed by atoms with van der Waals surface area (Å²) in [7, 11) is 3.98. The number of amides is 1. The summed E-state index contributed by atoms with van der Waals surface area (Å²) in [5.41, 5.74) is 6.80. The minimum absolute atomic E-state index is 0.0889. The summed E-state index contributed by atoms with van der Waals surface area (Å²) in [6.07, 6.45) is 0. The molecule has 0 bridgehead atoms. The average molecular weight is 279 g/mol. The second kappa shape index (κ2) is 6.12. The molecule has 1 rings (SSSR count). The van der Waals surface area contributed by atoms with Crippen molar-refractivity contribution in [2.75, 3.05) is 20.6 Å². The molecule has 0 aliphatic heterocycles. The molecule has 0 spiro atoms. The van der Waals surface area contributed by atoms with Gasteiger partial charge in [0.15, 0.2) is 0 Å². The van der Waals surface area contributed by atoms with Gasteiger partial charge < -0.3 is 16.0 Å². The average Bonchev–Trinajstić information content (AvgIpc) is 2.36. The zero-order chi connectivity index (χ0) is 14.6. The van der Waals surface area contributed by atoms with Gasteiger partial charge in [-0.05, 0) is 40.1 Å². The molecule has 0 heterocycles. The number of benzene rings is 1. The van der Waals surface area contributed by atoms with E-state index in [4.69, 9.17) is 18.0 Å². The maximum absolute atomic E-state index is 12.0. The molecule has 0 atom stereocenters. The minimum atomic E-state index is -0.0931. The van der Waals surface area contributed by atoms with Crippen molar-refractivity contribution in [3.8, 4) is 0 Å². The molecular formula is C14H21N3OS. The lowest BCUT2D eigenvalue weighted by molar-refractivity contribution is 0.0919. The van der Waals surface area contributed by atoms with E-state index < -0.39 is 0 Å². The standard InChI is InChI=1S/C14H21N3OS/c1-14(2,17(3)4)9-16-13(18)11-7-5-10(6-8-11)12(15)19/h5-8H,9H2,1-4H3,(H2,15,19)(H,16,18). The highest BCUT2D eigenvalue weighted by Gasteiger charge is 2.21. The fraction of sp³-hybridized carbons (Fsp3) is 0.429.